The number of pyridine rings is 1. The van der Waals surface area contributed by atoms with Gasteiger partial charge in [0, 0.05) is 6.20 Å². The summed E-state index contributed by atoms with van der Waals surface area (Å²) in [6.07, 6.45) is 5.32. The number of ether oxygens (including phenoxy) is 1. The van der Waals surface area contributed by atoms with Gasteiger partial charge >= 0.3 is 0 Å². The molecular formula is C19H21N3O2. The first kappa shape index (κ1) is 15.1. The van der Waals surface area contributed by atoms with Gasteiger partial charge in [-0.15, -0.1) is 0 Å². The summed E-state index contributed by atoms with van der Waals surface area (Å²) in [6.45, 7) is 2.32. The van der Waals surface area contributed by atoms with Crippen LogP contribution in [0.4, 0.5) is 5.69 Å². The molecule has 1 N–H and O–H groups in total. The maximum Gasteiger partial charge on any atom is 0.238 e. The van der Waals surface area contributed by atoms with E-state index in [-0.39, 0.29) is 11.3 Å². The predicted molar refractivity (Wildman–Crippen MR) is 92.2 cm³/mol. The van der Waals surface area contributed by atoms with Crippen LogP contribution < -0.4 is 15.0 Å². The fraction of sp³-hybridized carbons (Fsp3) is 0.368. The fourth-order valence-corrected chi connectivity index (χ4v) is 3.90. The maximum absolute atomic E-state index is 13.3. The standard InChI is InChI=1S/C19H21N3O2/c1-24-15-4-2-14(3-5-15)13-22-17-12-21-9-6-16(17)19(18(22)23)7-10-20-11-8-19/h2-6,9,12,20H,7-8,10-11,13H2,1H3. The summed E-state index contributed by atoms with van der Waals surface area (Å²) in [5.74, 6) is 1.03. The summed E-state index contributed by atoms with van der Waals surface area (Å²) in [4.78, 5) is 19.5. The molecule has 0 aliphatic carbocycles. The van der Waals surface area contributed by atoms with Crippen molar-refractivity contribution in [2.24, 2.45) is 0 Å². The molecule has 0 bridgehead atoms. The summed E-state index contributed by atoms with van der Waals surface area (Å²) in [5.41, 5.74) is 2.80. The number of nitrogens with zero attached hydrogens (tertiary/aromatic N) is 2. The topological polar surface area (TPSA) is 54.5 Å². The van der Waals surface area contributed by atoms with Crippen LogP contribution in [0.5, 0.6) is 5.75 Å². The van der Waals surface area contributed by atoms with E-state index in [0.717, 1.165) is 48.5 Å². The number of rotatable bonds is 3. The van der Waals surface area contributed by atoms with E-state index in [1.807, 2.05) is 41.4 Å². The molecule has 1 fully saturated rings. The largest absolute Gasteiger partial charge is 0.497 e. The zero-order chi connectivity index (χ0) is 16.6. The lowest BCUT2D eigenvalue weighted by Gasteiger charge is -2.33. The van der Waals surface area contributed by atoms with Gasteiger partial charge < -0.3 is 15.0 Å². The third kappa shape index (κ3) is 2.27. The molecule has 5 nitrogen and oxygen atoms in total. The van der Waals surface area contributed by atoms with Crippen LogP contribution in [0, 0.1) is 0 Å². The highest BCUT2D eigenvalue weighted by molar-refractivity contribution is 6.08. The Morgan fingerprint density at radius 3 is 2.67 bits per heavy atom. The molecule has 2 aromatic rings. The van der Waals surface area contributed by atoms with Gasteiger partial charge in [-0.1, -0.05) is 12.1 Å². The second-order valence-electron chi connectivity index (χ2n) is 6.46. The van der Waals surface area contributed by atoms with Crippen molar-refractivity contribution < 1.29 is 9.53 Å². The van der Waals surface area contributed by atoms with Gasteiger partial charge in [0.25, 0.3) is 0 Å². The van der Waals surface area contributed by atoms with Gasteiger partial charge in [0.05, 0.1) is 31.0 Å². The molecule has 2 aliphatic heterocycles. The molecular weight excluding hydrogens is 302 g/mol. The number of amides is 1. The maximum atomic E-state index is 13.3. The van der Waals surface area contributed by atoms with Crippen molar-refractivity contribution in [2.75, 3.05) is 25.1 Å². The number of piperidine rings is 1. The van der Waals surface area contributed by atoms with Crippen LogP contribution in [0.1, 0.15) is 24.0 Å². The third-order valence-electron chi connectivity index (χ3n) is 5.22. The smallest absolute Gasteiger partial charge is 0.238 e. The van der Waals surface area contributed by atoms with E-state index >= 15 is 0 Å². The molecule has 0 unspecified atom stereocenters. The van der Waals surface area contributed by atoms with Gasteiger partial charge in [-0.2, -0.15) is 0 Å². The number of hydrogen-bond donors (Lipinski definition) is 1. The Hall–Kier alpha value is -2.40. The molecule has 5 heteroatoms. The van der Waals surface area contributed by atoms with Gasteiger partial charge in [0.1, 0.15) is 5.75 Å². The van der Waals surface area contributed by atoms with Crippen molar-refractivity contribution in [3.05, 3.63) is 53.9 Å². The minimum absolute atomic E-state index is 0.211. The van der Waals surface area contributed by atoms with E-state index in [1.54, 1.807) is 13.3 Å². The highest BCUT2D eigenvalue weighted by Gasteiger charge is 2.50. The highest BCUT2D eigenvalue weighted by atomic mass is 16.5. The van der Waals surface area contributed by atoms with Crippen molar-refractivity contribution in [1.29, 1.82) is 0 Å². The monoisotopic (exact) mass is 323 g/mol. The van der Waals surface area contributed by atoms with E-state index in [0.29, 0.717) is 6.54 Å². The molecule has 0 atom stereocenters. The van der Waals surface area contributed by atoms with Gasteiger partial charge in [-0.25, -0.2) is 0 Å². The van der Waals surface area contributed by atoms with Crippen LogP contribution in [-0.2, 0) is 16.8 Å². The summed E-state index contributed by atoms with van der Waals surface area (Å²) in [7, 11) is 1.65. The van der Waals surface area contributed by atoms with E-state index in [4.69, 9.17) is 4.74 Å². The number of anilines is 1. The summed E-state index contributed by atoms with van der Waals surface area (Å²) >= 11 is 0. The number of methoxy groups -OCH3 is 1. The number of benzene rings is 1. The number of hydrogen-bond acceptors (Lipinski definition) is 4. The highest BCUT2D eigenvalue weighted by Crippen LogP contribution is 2.47. The zero-order valence-corrected chi connectivity index (χ0v) is 13.8. The summed E-state index contributed by atoms with van der Waals surface area (Å²) in [6, 6.07) is 9.90. The first-order valence-electron chi connectivity index (χ1n) is 8.35. The number of carbonyl (C=O) groups is 1. The van der Waals surface area contributed by atoms with E-state index < -0.39 is 0 Å². The molecule has 2 aliphatic rings. The lowest BCUT2D eigenvalue weighted by molar-refractivity contribution is -0.124. The molecule has 0 radical (unpaired) electrons. The van der Waals surface area contributed by atoms with Crippen molar-refractivity contribution in [2.45, 2.75) is 24.8 Å². The molecule has 24 heavy (non-hydrogen) atoms. The first-order valence-corrected chi connectivity index (χ1v) is 8.35. The molecule has 1 saturated heterocycles. The van der Waals surface area contributed by atoms with Crippen molar-refractivity contribution in [3.8, 4) is 5.75 Å². The van der Waals surface area contributed by atoms with E-state index in [2.05, 4.69) is 10.3 Å². The lowest BCUT2D eigenvalue weighted by atomic mass is 9.74. The molecule has 3 heterocycles. The van der Waals surface area contributed by atoms with Crippen LogP contribution in [0.3, 0.4) is 0 Å². The normalized spacial score (nSPS) is 18.7. The Bertz CT molecular complexity index is 751. The van der Waals surface area contributed by atoms with E-state index in [1.165, 1.54) is 0 Å². The van der Waals surface area contributed by atoms with Gasteiger partial charge in [-0.05, 0) is 55.3 Å². The molecule has 1 amide bonds. The van der Waals surface area contributed by atoms with Gasteiger partial charge in [-0.3, -0.25) is 9.78 Å². The first-order chi connectivity index (χ1) is 11.7. The molecule has 4 rings (SSSR count). The Morgan fingerprint density at radius 1 is 1.21 bits per heavy atom. The average Bonchev–Trinajstić information content (AvgIpc) is 2.86. The van der Waals surface area contributed by atoms with E-state index in [9.17, 15) is 4.79 Å². The summed E-state index contributed by atoms with van der Waals surface area (Å²) in [5, 5.41) is 3.36. The minimum Gasteiger partial charge on any atom is -0.497 e. The minimum atomic E-state index is -0.379. The summed E-state index contributed by atoms with van der Waals surface area (Å²) < 4.78 is 5.21. The quantitative estimate of drug-likeness (QED) is 0.941. The number of aromatic nitrogens is 1. The zero-order valence-electron chi connectivity index (χ0n) is 13.8. The Kier molecular flexibility index (Phi) is 3.73. The van der Waals surface area contributed by atoms with Crippen molar-refractivity contribution in [1.82, 2.24) is 10.3 Å². The van der Waals surface area contributed by atoms with Crippen molar-refractivity contribution >= 4 is 11.6 Å². The number of carbonyl (C=O) groups excluding carboxylic acids is 1. The number of nitrogens with one attached hydrogen (secondary N) is 1. The Balaban J connectivity index is 1.69. The van der Waals surface area contributed by atoms with Crippen LogP contribution in [-0.4, -0.2) is 31.1 Å². The van der Waals surface area contributed by atoms with Crippen LogP contribution in [0.2, 0.25) is 0 Å². The fourth-order valence-electron chi connectivity index (χ4n) is 3.90. The van der Waals surface area contributed by atoms with Gasteiger partial charge in [0.2, 0.25) is 5.91 Å². The lowest BCUT2D eigenvalue weighted by Crippen LogP contribution is -2.47. The molecule has 1 aromatic heterocycles. The van der Waals surface area contributed by atoms with Crippen LogP contribution in [0.25, 0.3) is 0 Å². The molecule has 0 saturated carbocycles. The molecule has 124 valence electrons. The second kappa shape index (κ2) is 5.91. The Morgan fingerprint density at radius 2 is 1.96 bits per heavy atom. The van der Waals surface area contributed by atoms with Crippen LogP contribution >= 0.6 is 0 Å². The molecule has 1 spiro atoms. The third-order valence-corrected chi connectivity index (χ3v) is 5.22. The predicted octanol–water partition coefficient (Wildman–Crippen LogP) is 2.26. The average molecular weight is 323 g/mol. The number of fused-ring (bicyclic) bond motifs is 2. The Labute approximate surface area is 141 Å². The van der Waals surface area contributed by atoms with Crippen molar-refractivity contribution in [3.63, 3.8) is 0 Å². The SMILES string of the molecule is COc1ccc(CN2C(=O)C3(CCNCC3)c3ccncc32)cc1. The second-order valence-corrected chi connectivity index (χ2v) is 6.46. The van der Waals surface area contributed by atoms with Gasteiger partial charge in [0.15, 0.2) is 0 Å². The molecule has 1 aromatic carbocycles. The van der Waals surface area contributed by atoms with Crippen LogP contribution in [0.15, 0.2) is 42.7 Å².